The zero-order chi connectivity index (χ0) is 24.5. The first-order valence-corrected chi connectivity index (χ1v) is 15.2. The predicted molar refractivity (Wildman–Crippen MR) is 138 cm³/mol. The highest BCUT2D eigenvalue weighted by molar-refractivity contribution is 9.10. The molecule has 6 saturated carbocycles. The summed E-state index contributed by atoms with van der Waals surface area (Å²) in [5.74, 6) is 3.63. The van der Waals surface area contributed by atoms with E-state index in [4.69, 9.17) is 0 Å². The fraction of sp³-hybridized carbons (Fsp3) is 0.741. The summed E-state index contributed by atoms with van der Waals surface area (Å²) in [5.41, 5.74) is 1.19. The average molecular weight is 552 g/mol. The monoisotopic (exact) mass is 550 g/mol. The van der Waals surface area contributed by atoms with Crippen LogP contribution in [0, 0.1) is 46.3 Å². The number of fused-ring (bicyclic) bond motifs is 4. The Morgan fingerprint density at radius 1 is 0.971 bits per heavy atom. The summed E-state index contributed by atoms with van der Waals surface area (Å²) < 4.78 is 29.6. The van der Waals surface area contributed by atoms with Gasteiger partial charge in [0.05, 0.1) is 4.90 Å². The molecule has 4 bridgehead atoms. The van der Waals surface area contributed by atoms with Crippen molar-refractivity contribution in [1.29, 1.82) is 0 Å². The standard InChI is InChI=1S/C27H39BrN2O3S/c1-26(2)20-9-16(10-21(26)12-20)14-30-34(32,33)24-11-17(6-8-23(24)28)25(31)29-15-18-5-7-19-13-22(18)27(19,3)4/h6,8,11,16,18-22,30H,5,7,9-10,12-15H2,1-4H3,(H,29,31)/t16-,18-,19-,20-,21+,22-/m0/s1. The minimum atomic E-state index is -3.71. The van der Waals surface area contributed by atoms with Crippen LogP contribution >= 0.6 is 15.9 Å². The van der Waals surface area contributed by atoms with Gasteiger partial charge in [-0.3, -0.25) is 4.79 Å². The minimum absolute atomic E-state index is 0.141. The number of amides is 1. The molecule has 0 saturated heterocycles. The van der Waals surface area contributed by atoms with Gasteiger partial charge < -0.3 is 5.32 Å². The maximum Gasteiger partial charge on any atom is 0.251 e. The molecule has 34 heavy (non-hydrogen) atoms. The number of halogens is 1. The molecule has 6 atom stereocenters. The van der Waals surface area contributed by atoms with Crippen molar-refractivity contribution in [3.63, 3.8) is 0 Å². The molecule has 1 aromatic carbocycles. The molecule has 0 aromatic heterocycles. The van der Waals surface area contributed by atoms with Crippen molar-refractivity contribution >= 4 is 31.9 Å². The van der Waals surface area contributed by atoms with Gasteiger partial charge >= 0.3 is 0 Å². The van der Waals surface area contributed by atoms with Gasteiger partial charge in [-0.05, 0) is 119 Å². The van der Waals surface area contributed by atoms with Crippen molar-refractivity contribution in [2.45, 2.75) is 71.1 Å². The highest BCUT2D eigenvalue weighted by Crippen LogP contribution is 2.61. The molecule has 0 spiro atoms. The van der Waals surface area contributed by atoms with Crippen LogP contribution in [0.3, 0.4) is 0 Å². The van der Waals surface area contributed by atoms with Gasteiger partial charge in [0.1, 0.15) is 0 Å². The molecule has 0 heterocycles. The molecule has 6 aliphatic rings. The van der Waals surface area contributed by atoms with Crippen LogP contribution in [0.25, 0.3) is 0 Å². The van der Waals surface area contributed by atoms with Crippen molar-refractivity contribution in [2.75, 3.05) is 13.1 Å². The van der Waals surface area contributed by atoms with Crippen LogP contribution in [0.2, 0.25) is 0 Å². The molecule has 6 fully saturated rings. The molecule has 6 aliphatic carbocycles. The average Bonchev–Trinajstić information content (AvgIpc) is 2.81. The number of carbonyl (C=O) groups is 1. The van der Waals surface area contributed by atoms with Crippen molar-refractivity contribution in [3.05, 3.63) is 28.2 Å². The van der Waals surface area contributed by atoms with E-state index in [1.807, 2.05) is 0 Å². The van der Waals surface area contributed by atoms with Crippen molar-refractivity contribution < 1.29 is 13.2 Å². The third-order valence-corrected chi connectivity index (χ3v) is 12.9. The molecule has 7 rings (SSSR count). The second kappa shape index (κ2) is 8.58. The Morgan fingerprint density at radius 2 is 1.68 bits per heavy atom. The first-order valence-electron chi connectivity index (χ1n) is 13.0. The number of benzene rings is 1. The summed E-state index contributed by atoms with van der Waals surface area (Å²) in [6.07, 6.45) is 7.17. The summed E-state index contributed by atoms with van der Waals surface area (Å²) >= 11 is 3.39. The Morgan fingerprint density at radius 3 is 2.29 bits per heavy atom. The number of nitrogens with one attached hydrogen (secondary N) is 2. The van der Waals surface area contributed by atoms with Gasteiger partial charge in [-0.1, -0.05) is 27.7 Å². The molecule has 5 nitrogen and oxygen atoms in total. The Hall–Kier alpha value is -0.920. The largest absolute Gasteiger partial charge is 0.352 e. The van der Waals surface area contributed by atoms with Gasteiger partial charge in [-0.25, -0.2) is 13.1 Å². The maximum atomic E-state index is 13.1. The van der Waals surface area contributed by atoms with Gasteiger partial charge in [0.15, 0.2) is 0 Å². The molecular weight excluding hydrogens is 512 g/mol. The lowest BCUT2D eigenvalue weighted by atomic mass is 9.45. The van der Waals surface area contributed by atoms with Crippen LogP contribution in [0.4, 0.5) is 0 Å². The molecule has 1 amide bonds. The van der Waals surface area contributed by atoms with Crippen LogP contribution in [-0.2, 0) is 10.0 Å². The van der Waals surface area contributed by atoms with E-state index in [0.29, 0.717) is 63.5 Å². The highest BCUT2D eigenvalue weighted by atomic mass is 79.9. The van der Waals surface area contributed by atoms with E-state index in [1.54, 1.807) is 12.1 Å². The summed E-state index contributed by atoms with van der Waals surface area (Å²) in [6, 6.07) is 4.87. The van der Waals surface area contributed by atoms with Crippen LogP contribution in [0.1, 0.15) is 76.6 Å². The number of hydrogen-bond donors (Lipinski definition) is 2. The Bertz CT molecular complexity index is 1070. The molecule has 188 valence electrons. The van der Waals surface area contributed by atoms with Crippen molar-refractivity contribution in [2.24, 2.45) is 46.3 Å². The summed E-state index contributed by atoms with van der Waals surface area (Å²) in [5, 5.41) is 3.09. The van der Waals surface area contributed by atoms with Crippen LogP contribution in [-0.4, -0.2) is 27.4 Å². The topological polar surface area (TPSA) is 75.3 Å². The van der Waals surface area contributed by atoms with E-state index >= 15 is 0 Å². The zero-order valence-corrected chi connectivity index (χ0v) is 23.3. The Labute approximate surface area is 213 Å². The first-order chi connectivity index (χ1) is 15.9. The summed E-state index contributed by atoms with van der Waals surface area (Å²) in [4.78, 5) is 13.1. The lowest BCUT2D eigenvalue weighted by Gasteiger charge is -2.60. The fourth-order valence-corrected chi connectivity index (χ4v) is 9.78. The predicted octanol–water partition coefficient (Wildman–Crippen LogP) is 5.60. The number of carbonyl (C=O) groups excluding carboxylic acids is 1. The van der Waals surface area contributed by atoms with Crippen LogP contribution in [0.15, 0.2) is 27.6 Å². The fourth-order valence-electron chi connectivity index (χ4n) is 7.68. The third-order valence-electron chi connectivity index (χ3n) is 10.5. The third kappa shape index (κ3) is 4.17. The Kier molecular flexibility index (Phi) is 6.25. The Balaban J connectivity index is 1.20. The highest BCUT2D eigenvalue weighted by Gasteiger charge is 2.54. The van der Waals surface area contributed by atoms with Crippen molar-refractivity contribution in [1.82, 2.24) is 10.0 Å². The minimum Gasteiger partial charge on any atom is -0.352 e. The second-order valence-corrected chi connectivity index (χ2v) is 15.3. The summed E-state index contributed by atoms with van der Waals surface area (Å²) in [7, 11) is -3.71. The molecule has 0 radical (unpaired) electrons. The van der Waals surface area contributed by atoms with E-state index in [0.717, 1.165) is 18.8 Å². The lowest BCUT2D eigenvalue weighted by molar-refractivity contribution is -0.103. The van der Waals surface area contributed by atoms with Crippen molar-refractivity contribution in [3.8, 4) is 0 Å². The normalized spacial score (nSPS) is 35.1. The molecule has 0 unspecified atom stereocenters. The molecule has 0 aliphatic heterocycles. The number of rotatable bonds is 7. The number of sulfonamides is 1. The van der Waals surface area contributed by atoms with E-state index in [-0.39, 0.29) is 10.8 Å². The van der Waals surface area contributed by atoms with Gasteiger partial charge in [0, 0.05) is 23.1 Å². The smallest absolute Gasteiger partial charge is 0.251 e. The summed E-state index contributed by atoms with van der Waals surface area (Å²) in [6.45, 7) is 10.5. The quantitative estimate of drug-likeness (QED) is 0.463. The second-order valence-electron chi connectivity index (χ2n) is 12.7. The molecule has 7 heteroatoms. The molecule has 1 aromatic rings. The molecular formula is C27H39BrN2O3S. The van der Waals surface area contributed by atoms with E-state index < -0.39 is 10.0 Å². The van der Waals surface area contributed by atoms with Gasteiger partial charge in [0.2, 0.25) is 10.0 Å². The van der Waals surface area contributed by atoms with Gasteiger partial charge in [-0.2, -0.15) is 0 Å². The van der Waals surface area contributed by atoms with E-state index in [2.05, 4.69) is 53.7 Å². The van der Waals surface area contributed by atoms with Crippen LogP contribution in [0.5, 0.6) is 0 Å². The van der Waals surface area contributed by atoms with E-state index in [1.165, 1.54) is 31.7 Å². The zero-order valence-electron chi connectivity index (χ0n) is 20.9. The van der Waals surface area contributed by atoms with Gasteiger partial charge in [0.25, 0.3) is 5.91 Å². The molecule has 2 N–H and O–H groups in total. The SMILES string of the molecule is CC1(C)[C@@H]2C[C@@H](CNS(=O)(=O)c3cc(C(=O)NC[C@@H]4CC[C@H]5C[C@@H]4C5(C)C)ccc3Br)C[C@H]1C2. The lowest BCUT2D eigenvalue weighted by Crippen LogP contribution is -2.54. The van der Waals surface area contributed by atoms with Crippen LogP contribution < -0.4 is 10.0 Å². The first kappa shape index (κ1) is 24.8. The van der Waals surface area contributed by atoms with Gasteiger partial charge in [-0.15, -0.1) is 0 Å². The van der Waals surface area contributed by atoms with E-state index in [9.17, 15) is 13.2 Å². The maximum absolute atomic E-state index is 13.1. The number of hydrogen-bond acceptors (Lipinski definition) is 3.